The summed E-state index contributed by atoms with van der Waals surface area (Å²) in [7, 11) is 1.45. The summed E-state index contributed by atoms with van der Waals surface area (Å²) >= 11 is 0. The molecule has 4 nitrogen and oxygen atoms in total. The maximum absolute atomic E-state index is 13.3. The van der Waals surface area contributed by atoms with Gasteiger partial charge in [-0.2, -0.15) is 5.10 Å². The third-order valence-corrected chi connectivity index (χ3v) is 2.97. The molecule has 1 aromatic heterocycles. The van der Waals surface area contributed by atoms with E-state index in [4.69, 9.17) is 4.74 Å². The maximum atomic E-state index is 13.3. The van der Waals surface area contributed by atoms with E-state index < -0.39 is 17.7 Å². The smallest absolute Gasteiger partial charge is 0.163 e. The van der Waals surface area contributed by atoms with Crippen LogP contribution in [0.25, 0.3) is 0 Å². The lowest BCUT2D eigenvalue weighted by Crippen LogP contribution is -2.13. The molecule has 0 radical (unpaired) electrons. The number of ether oxygens (including phenoxy) is 1. The first-order valence-corrected chi connectivity index (χ1v) is 6.19. The molecular formula is C14H16F2N2O2. The number of hydrogen-bond donors (Lipinski definition) is 1. The van der Waals surface area contributed by atoms with Gasteiger partial charge in [0.1, 0.15) is 23.4 Å². The van der Waals surface area contributed by atoms with E-state index in [1.165, 1.54) is 13.3 Å². The molecule has 6 heteroatoms. The molecule has 1 aromatic carbocycles. The summed E-state index contributed by atoms with van der Waals surface area (Å²) in [5.74, 6) is -1.11. The second kappa shape index (κ2) is 5.58. The van der Waals surface area contributed by atoms with Crippen LogP contribution in [0.3, 0.4) is 0 Å². The van der Waals surface area contributed by atoms with E-state index in [1.54, 1.807) is 4.68 Å². The van der Waals surface area contributed by atoms with Crippen LogP contribution in [0.1, 0.15) is 37.3 Å². The molecule has 0 spiro atoms. The van der Waals surface area contributed by atoms with Crippen molar-refractivity contribution in [2.24, 2.45) is 0 Å². The molecule has 0 bridgehead atoms. The minimum Gasteiger partial charge on any atom is -0.493 e. The Morgan fingerprint density at radius 1 is 1.20 bits per heavy atom. The molecule has 2 aromatic rings. The zero-order valence-corrected chi connectivity index (χ0v) is 11.5. The van der Waals surface area contributed by atoms with Crippen LogP contribution in [-0.4, -0.2) is 22.0 Å². The summed E-state index contributed by atoms with van der Waals surface area (Å²) in [5, 5.41) is 14.5. The lowest BCUT2D eigenvalue weighted by Gasteiger charge is -2.17. The normalized spacial score (nSPS) is 12.8. The van der Waals surface area contributed by atoms with Gasteiger partial charge in [0.15, 0.2) is 5.75 Å². The minimum atomic E-state index is -1.22. The van der Waals surface area contributed by atoms with Crippen molar-refractivity contribution in [3.8, 4) is 5.75 Å². The average Bonchev–Trinajstić information content (AvgIpc) is 2.80. The van der Waals surface area contributed by atoms with Crippen LogP contribution in [0, 0.1) is 11.6 Å². The Kier molecular flexibility index (Phi) is 4.04. The largest absolute Gasteiger partial charge is 0.493 e. The van der Waals surface area contributed by atoms with Crippen molar-refractivity contribution in [2.45, 2.75) is 26.0 Å². The van der Waals surface area contributed by atoms with Crippen molar-refractivity contribution in [2.75, 3.05) is 7.11 Å². The second-order valence-electron chi connectivity index (χ2n) is 4.74. The predicted octanol–water partition coefficient (Wildman–Crippen LogP) is 2.83. The first-order valence-electron chi connectivity index (χ1n) is 6.19. The van der Waals surface area contributed by atoms with Crippen LogP contribution in [0.2, 0.25) is 0 Å². The molecule has 20 heavy (non-hydrogen) atoms. The van der Waals surface area contributed by atoms with Crippen molar-refractivity contribution in [3.63, 3.8) is 0 Å². The second-order valence-corrected chi connectivity index (χ2v) is 4.74. The summed E-state index contributed by atoms with van der Waals surface area (Å²) in [6.45, 7) is 3.77. The van der Waals surface area contributed by atoms with E-state index in [1.807, 2.05) is 13.8 Å². The Balaban J connectivity index is 2.51. The number of nitrogens with zero attached hydrogens (tertiary/aromatic N) is 2. The lowest BCUT2D eigenvalue weighted by atomic mass is 10.1. The van der Waals surface area contributed by atoms with Crippen LogP contribution >= 0.6 is 0 Å². The van der Waals surface area contributed by atoms with Gasteiger partial charge in [-0.25, -0.2) is 8.78 Å². The van der Waals surface area contributed by atoms with Crippen molar-refractivity contribution >= 4 is 0 Å². The van der Waals surface area contributed by atoms with Crippen molar-refractivity contribution in [1.82, 2.24) is 9.78 Å². The summed E-state index contributed by atoms with van der Waals surface area (Å²) in [6, 6.07) is 2.91. The van der Waals surface area contributed by atoms with Crippen molar-refractivity contribution in [3.05, 3.63) is 47.3 Å². The maximum Gasteiger partial charge on any atom is 0.163 e. The van der Waals surface area contributed by atoms with E-state index in [9.17, 15) is 13.9 Å². The van der Waals surface area contributed by atoms with Crippen LogP contribution in [0.15, 0.2) is 24.4 Å². The van der Waals surface area contributed by atoms with Gasteiger partial charge >= 0.3 is 0 Å². The minimum absolute atomic E-state index is 0.0260. The molecule has 1 unspecified atom stereocenters. The van der Waals surface area contributed by atoms with Crippen LogP contribution in [0.5, 0.6) is 5.75 Å². The van der Waals surface area contributed by atoms with E-state index in [0.717, 1.165) is 18.2 Å². The Hall–Kier alpha value is -1.95. The van der Waals surface area contributed by atoms with Gasteiger partial charge in [0.05, 0.1) is 13.3 Å². The number of aromatic nitrogens is 2. The molecule has 1 atom stereocenters. The van der Waals surface area contributed by atoms with Gasteiger partial charge in [-0.1, -0.05) is 0 Å². The summed E-state index contributed by atoms with van der Waals surface area (Å²) in [4.78, 5) is 0. The first-order chi connectivity index (χ1) is 9.43. The molecule has 0 aliphatic rings. The zero-order valence-electron chi connectivity index (χ0n) is 11.5. The molecule has 0 fully saturated rings. The van der Waals surface area contributed by atoms with Gasteiger partial charge < -0.3 is 9.84 Å². The molecule has 1 N–H and O–H groups in total. The van der Waals surface area contributed by atoms with Crippen molar-refractivity contribution in [1.29, 1.82) is 0 Å². The number of aliphatic hydroxyl groups is 1. The Morgan fingerprint density at radius 2 is 1.80 bits per heavy atom. The molecule has 0 amide bonds. The van der Waals surface area contributed by atoms with E-state index in [0.29, 0.717) is 11.4 Å². The molecule has 108 valence electrons. The molecule has 0 saturated heterocycles. The van der Waals surface area contributed by atoms with Crippen molar-refractivity contribution < 1.29 is 18.6 Å². The third kappa shape index (κ3) is 2.65. The fourth-order valence-electron chi connectivity index (χ4n) is 2.08. The fourth-order valence-corrected chi connectivity index (χ4v) is 2.08. The number of aliphatic hydroxyl groups excluding tert-OH is 1. The highest BCUT2D eigenvalue weighted by Gasteiger charge is 2.23. The topological polar surface area (TPSA) is 47.3 Å². The molecule has 2 rings (SSSR count). The SMILES string of the molecule is COc1cnn(C(C)C)c1C(O)c1cc(F)cc(F)c1. The lowest BCUT2D eigenvalue weighted by molar-refractivity contribution is 0.198. The highest BCUT2D eigenvalue weighted by molar-refractivity contribution is 5.35. The quantitative estimate of drug-likeness (QED) is 0.938. The Morgan fingerprint density at radius 3 is 2.30 bits per heavy atom. The number of benzene rings is 1. The van der Waals surface area contributed by atoms with Gasteiger partial charge in [-0.3, -0.25) is 4.68 Å². The van der Waals surface area contributed by atoms with E-state index >= 15 is 0 Å². The van der Waals surface area contributed by atoms with E-state index in [-0.39, 0.29) is 11.6 Å². The van der Waals surface area contributed by atoms with Crippen LogP contribution in [0.4, 0.5) is 8.78 Å². The van der Waals surface area contributed by atoms with Gasteiger partial charge in [0, 0.05) is 12.1 Å². The average molecular weight is 282 g/mol. The van der Waals surface area contributed by atoms with E-state index in [2.05, 4.69) is 5.10 Å². The number of rotatable bonds is 4. The first kappa shape index (κ1) is 14.5. The third-order valence-electron chi connectivity index (χ3n) is 2.97. The number of methoxy groups -OCH3 is 1. The predicted molar refractivity (Wildman–Crippen MR) is 69.6 cm³/mol. The standard InChI is InChI=1S/C14H16F2N2O2/c1-8(2)18-13(12(20-3)7-17-18)14(19)9-4-10(15)6-11(16)5-9/h4-8,14,19H,1-3H3. The Labute approximate surface area is 115 Å². The monoisotopic (exact) mass is 282 g/mol. The van der Waals surface area contributed by atoms with Gasteiger partial charge in [-0.05, 0) is 31.5 Å². The number of halogens is 2. The summed E-state index contributed by atoms with van der Waals surface area (Å²) in [5.41, 5.74) is 0.482. The molecule has 0 saturated carbocycles. The van der Waals surface area contributed by atoms with Crippen LogP contribution < -0.4 is 4.74 Å². The molecule has 0 aliphatic carbocycles. The molecule has 1 heterocycles. The summed E-state index contributed by atoms with van der Waals surface area (Å²) in [6.07, 6.45) is 0.244. The molecule has 0 aliphatic heterocycles. The van der Waals surface area contributed by atoms with Crippen LogP contribution in [-0.2, 0) is 0 Å². The zero-order chi connectivity index (χ0) is 14.9. The highest BCUT2D eigenvalue weighted by atomic mass is 19.1. The van der Waals surface area contributed by atoms with Gasteiger partial charge in [0.25, 0.3) is 0 Å². The van der Waals surface area contributed by atoms with Gasteiger partial charge in [-0.15, -0.1) is 0 Å². The number of hydrogen-bond acceptors (Lipinski definition) is 3. The van der Waals surface area contributed by atoms with Gasteiger partial charge in [0.2, 0.25) is 0 Å². The molecular weight excluding hydrogens is 266 g/mol. The summed E-state index contributed by atoms with van der Waals surface area (Å²) < 4.78 is 33.2. The Bertz CT molecular complexity index is 591. The highest BCUT2D eigenvalue weighted by Crippen LogP contribution is 2.32. The fraction of sp³-hybridized carbons (Fsp3) is 0.357.